The molecule has 1 atom stereocenters. The summed E-state index contributed by atoms with van der Waals surface area (Å²) in [5.41, 5.74) is 3.17. The predicted octanol–water partition coefficient (Wildman–Crippen LogP) is 4.28. The minimum atomic E-state index is -0.0257. The van der Waals surface area contributed by atoms with E-state index >= 15 is 0 Å². The van der Waals surface area contributed by atoms with Crippen LogP contribution in [0.2, 0.25) is 0 Å². The largest absolute Gasteiger partial charge is 0.466 e. The second-order valence-corrected chi connectivity index (χ2v) is 7.32. The maximum absolute atomic E-state index is 13.3. The number of aromatic nitrogens is 2. The summed E-state index contributed by atoms with van der Waals surface area (Å²) in [6.07, 6.45) is 2.38. The average molecular weight is 353 g/mol. The van der Waals surface area contributed by atoms with Gasteiger partial charge in [-0.25, -0.2) is 4.98 Å². The number of rotatable bonds is 4. The van der Waals surface area contributed by atoms with Crippen LogP contribution in [0.5, 0.6) is 0 Å². The third-order valence-corrected chi connectivity index (χ3v) is 5.40. The van der Waals surface area contributed by atoms with Gasteiger partial charge in [-0.05, 0) is 58.6 Å². The fourth-order valence-electron chi connectivity index (χ4n) is 3.56. The van der Waals surface area contributed by atoms with Crippen molar-refractivity contribution < 1.29 is 13.7 Å². The second kappa shape index (κ2) is 5.97. The van der Waals surface area contributed by atoms with E-state index in [0.717, 1.165) is 17.1 Å². The van der Waals surface area contributed by atoms with Gasteiger partial charge in [0.25, 0.3) is 11.6 Å². The van der Waals surface area contributed by atoms with Gasteiger partial charge >= 0.3 is 0 Å². The molecular formula is C20H23N3O3. The Morgan fingerprint density at radius 2 is 2.00 bits per heavy atom. The highest BCUT2D eigenvalue weighted by atomic mass is 16.5. The van der Waals surface area contributed by atoms with Crippen molar-refractivity contribution in [2.45, 2.75) is 46.6 Å². The van der Waals surface area contributed by atoms with Crippen LogP contribution in [0.1, 0.15) is 47.3 Å². The Hall–Kier alpha value is -2.63. The van der Waals surface area contributed by atoms with E-state index in [1.54, 1.807) is 0 Å². The van der Waals surface area contributed by atoms with E-state index in [-0.39, 0.29) is 11.9 Å². The number of hydrogen-bond donors (Lipinski definition) is 0. The smallest absolute Gasteiger partial charge is 0.259 e. The lowest BCUT2D eigenvalue weighted by Crippen LogP contribution is -2.36. The number of carbonyl (C=O) groups is 1. The number of fused-ring (bicyclic) bond motifs is 1. The number of nitrogens with zero attached hydrogens (tertiary/aromatic N) is 3. The van der Waals surface area contributed by atoms with E-state index in [1.807, 2.05) is 44.9 Å². The van der Waals surface area contributed by atoms with E-state index in [9.17, 15) is 4.79 Å². The van der Waals surface area contributed by atoms with Gasteiger partial charge in [-0.1, -0.05) is 5.16 Å². The Kier molecular flexibility index (Phi) is 3.86. The van der Waals surface area contributed by atoms with Crippen molar-refractivity contribution in [3.8, 4) is 11.3 Å². The molecule has 3 aromatic rings. The van der Waals surface area contributed by atoms with Gasteiger partial charge in [-0.15, -0.1) is 0 Å². The number of pyridine rings is 1. The van der Waals surface area contributed by atoms with Crippen LogP contribution in [0.15, 0.2) is 21.1 Å². The van der Waals surface area contributed by atoms with Crippen molar-refractivity contribution >= 4 is 17.0 Å². The van der Waals surface area contributed by atoms with Crippen LogP contribution in [-0.4, -0.2) is 34.0 Å². The van der Waals surface area contributed by atoms with Crippen LogP contribution in [0.25, 0.3) is 22.4 Å². The van der Waals surface area contributed by atoms with Crippen LogP contribution in [-0.2, 0) is 0 Å². The average Bonchev–Trinajstić information content (AvgIpc) is 3.32. The normalized spacial score (nSPS) is 15.4. The first kappa shape index (κ1) is 16.8. The monoisotopic (exact) mass is 353 g/mol. The van der Waals surface area contributed by atoms with Crippen molar-refractivity contribution in [2.24, 2.45) is 5.92 Å². The summed E-state index contributed by atoms with van der Waals surface area (Å²) in [6, 6.07) is 3.98. The molecule has 0 saturated heterocycles. The number of carbonyl (C=O) groups excluding carboxylic acids is 1. The van der Waals surface area contributed by atoms with Crippen LogP contribution in [0.4, 0.5) is 0 Å². The quantitative estimate of drug-likeness (QED) is 0.700. The Morgan fingerprint density at radius 3 is 2.62 bits per heavy atom. The molecule has 3 aromatic heterocycles. The van der Waals surface area contributed by atoms with E-state index in [4.69, 9.17) is 8.94 Å². The van der Waals surface area contributed by atoms with Gasteiger partial charge in [0, 0.05) is 18.7 Å². The zero-order valence-corrected chi connectivity index (χ0v) is 15.8. The fraction of sp³-hybridized carbons (Fsp3) is 0.450. The van der Waals surface area contributed by atoms with Gasteiger partial charge in [0.05, 0.1) is 22.3 Å². The summed E-state index contributed by atoms with van der Waals surface area (Å²) < 4.78 is 11.0. The molecule has 1 aliphatic rings. The summed E-state index contributed by atoms with van der Waals surface area (Å²) in [7, 11) is 1.87. The highest BCUT2D eigenvalue weighted by molar-refractivity contribution is 6.07. The highest BCUT2D eigenvalue weighted by Crippen LogP contribution is 2.36. The lowest BCUT2D eigenvalue weighted by atomic mass is 10.0. The maximum atomic E-state index is 13.3. The van der Waals surface area contributed by atoms with E-state index in [1.165, 1.54) is 12.8 Å². The summed E-state index contributed by atoms with van der Waals surface area (Å²) in [5.74, 6) is 2.15. The lowest BCUT2D eigenvalue weighted by Gasteiger charge is -2.25. The highest BCUT2D eigenvalue weighted by Gasteiger charge is 2.34. The Labute approximate surface area is 152 Å². The first-order valence-electron chi connectivity index (χ1n) is 8.98. The molecule has 1 unspecified atom stereocenters. The molecule has 6 nitrogen and oxygen atoms in total. The SMILES string of the molecule is Cc1cc(-c2cc(C(=O)N(C)C(C)C3CC3)c3c(C)noc3n2)c(C)o1. The molecule has 1 aliphatic carbocycles. The molecule has 1 amide bonds. The number of furan rings is 1. The zero-order chi connectivity index (χ0) is 18.6. The molecule has 0 radical (unpaired) electrons. The lowest BCUT2D eigenvalue weighted by molar-refractivity contribution is 0.0729. The fourth-order valence-corrected chi connectivity index (χ4v) is 3.56. The third-order valence-electron chi connectivity index (χ3n) is 5.40. The van der Waals surface area contributed by atoms with Crippen molar-refractivity contribution in [1.82, 2.24) is 15.0 Å². The Balaban J connectivity index is 1.85. The van der Waals surface area contributed by atoms with Crippen LogP contribution >= 0.6 is 0 Å². The standard InChI is InChI=1S/C20H23N3O3/c1-10-8-15(13(4)25-10)17-9-16(18-11(2)22-26-19(18)21-17)20(24)23(5)12(3)14-6-7-14/h8-9,12,14H,6-7H2,1-5H3. The van der Waals surface area contributed by atoms with Gasteiger partial charge in [-0.3, -0.25) is 4.79 Å². The first-order valence-corrected chi connectivity index (χ1v) is 8.98. The molecule has 6 heteroatoms. The van der Waals surface area contributed by atoms with Gasteiger partial charge in [0.2, 0.25) is 0 Å². The Bertz CT molecular complexity index is 997. The summed E-state index contributed by atoms with van der Waals surface area (Å²) in [6.45, 7) is 7.73. The molecule has 136 valence electrons. The molecule has 0 spiro atoms. The minimum absolute atomic E-state index is 0.0257. The molecular weight excluding hydrogens is 330 g/mol. The molecule has 4 rings (SSSR count). The van der Waals surface area contributed by atoms with Gasteiger partial charge in [-0.2, -0.15) is 0 Å². The molecule has 1 saturated carbocycles. The van der Waals surface area contributed by atoms with Crippen molar-refractivity contribution in [3.05, 3.63) is 34.9 Å². The van der Waals surface area contributed by atoms with Gasteiger partial charge in [0.1, 0.15) is 11.5 Å². The van der Waals surface area contributed by atoms with Crippen LogP contribution in [0, 0.1) is 26.7 Å². The van der Waals surface area contributed by atoms with E-state index < -0.39 is 0 Å². The topological polar surface area (TPSA) is 72.4 Å². The number of aryl methyl sites for hydroxylation is 3. The maximum Gasteiger partial charge on any atom is 0.259 e. The van der Waals surface area contributed by atoms with E-state index in [2.05, 4.69) is 17.1 Å². The molecule has 0 aliphatic heterocycles. The van der Waals surface area contributed by atoms with Crippen LogP contribution in [0.3, 0.4) is 0 Å². The number of amides is 1. The third kappa shape index (κ3) is 2.69. The van der Waals surface area contributed by atoms with Crippen LogP contribution < -0.4 is 0 Å². The number of hydrogen-bond acceptors (Lipinski definition) is 5. The van der Waals surface area contributed by atoms with Gasteiger partial charge < -0.3 is 13.8 Å². The molecule has 26 heavy (non-hydrogen) atoms. The first-order chi connectivity index (χ1) is 12.4. The minimum Gasteiger partial charge on any atom is -0.466 e. The van der Waals surface area contributed by atoms with E-state index in [0.29, 0.717) is 34.0 Å². The zero-order valence-electron chi connectivity index (χ0n) is 15.8. The molecule has 0 aromatic carbocycles. The second-order valence-electron chi connectivity index (χ2n) is 7.32. The molecule has 0 N–H and O–H groups in total. The van der Waals surface area contributed by atoms with Crippen molar-refractivity contribution in [2.75, 3.05) is 7.05 Å². The van der Waals surface area contributed by atoms with Gasteiger partial charge in [0.15, 0.2) is 0 Å². The molecule has 3 heterocycles. The predicted molar refractivity (Wildman–Crippen MR) is 98.0 cm³/mol. The summed E-state index contributed by atoms with van der Waals surface area (Å²) in [4.78, 5) is 19.7. The molecule has 1 fully saturated rings. The Morgan fingerprint density at radius 1 is 1.27 bits per heavy atom. The van der Waals surface area contributed by atoms with Crippen molar-refractivity contribution in [1.29, 1.82) is 0 Å². The summed E-state index contributed by atoms with van der Waals surface area (Å²) >= 11 is 0. The van der Waals surface area contributed by atoms with Crippen molar-refractivity contribution in [3.63, 3.8) is 0 Å². The summed E-state index contributed by atoms with van der Waals surface area (Å²) in [5, 5.41) is 4.71. The molecule has 0 bridgehead atoms.